The minimum absolute atomic E-state index is 0.138. The summed E-state index contributed by atoms with van der Waals surface area (Å²) >= 11 is 4.91. The lowest BCUT2D eigenvalue weighted by atomic mass is 10.2. The molecule has 0 aliphatic rings. The molecule has 0 fully saturated rings. The third-order valence-electron chi connectivity index (χ3n) is 2.05. The van der Waals surface area contributed by atoms with E-state index in [2.05, 4.69) is 4.98 Å². The lowest BCUT2D eigenvalue weighted by Crippen LogP contribution is -2.24. The molecule has 0 unspecified atom stereocenters. The highest BCUT2D eigenvalue weighted by atomic mass is 32.1. The van der Waals surface area contributed by atoms with Crippen molar-refractivity contribution in [3.8, 4) is 0 Å². The van der Waals surface area contributed by atoms with Gasteiger partial charge in [-0.25, -0.2) is 0 Å². The standard InChI is InChI=1S/C10H15N3OS/c1-13(5-6-14)7-8-3-2-4-12-9(8)10(11)15/h2-4,14H,5-7H2,1H3,(H2,11,15). The second-order valence-electron chi connectivity index (χ2n) is 3.34. The first-order chi connectivity index (χ1) is 7.15. The SMILES string of the molecule is CN(CCO)Cc1cccnc1C(N)=S. The van der Waals surface area contributed by atoms with Gasteiger partial charge in [0.05, 0.1) is 6.61 Å². The lowest BCUT2D eigenvalue weighted by molar-refractivity contribution is 0.217. The maximum Gasteiger partial charge on any atom is 0.123 e. The van der Waals surface area contributed by atoms with E-state index in [1.54, 1.807) is 6.20 Å². The van der Waals surface area contributed by atoms with Crippen molar-refractivity contribution in [2.24, 2.45) is 5.73 Å². The van der Waals surface area contributed by atoms with Crippen molar-refractivity contribution in [2.75, 3.05) is 20.2 Å². The Morgan fingerprint density at radius 1 is 1.67 bits per heavy atom. The van der Waals surface area contributed by atoms with Crippen LogP contribution in [0.15, 0.2) is 18.3 Å². The summed E-state index contributed by atoms with van der Waals surface area (Å²) in [5, 5.41) is 8.79. The maximum atomic E-state index is 8.79. The molecule has 0 aromatic carbocycles. The first-order valence-corrected chi connectivity index (χ1v) is 5.09. The predicted molar refractivity (Wildman–Crippen MR) is 63.5 cm³/mol. The minimum atomic E-state index is 0.138. The molecular formula is C10H15N3OS. The van der Waals surface area contributed by atoms with Gasteiger partial charge in [-0.15, -0.1) is 0 Å². The van der Waals surface area contributed by atoms with Crippen molar-refractivity contribution in [1.82, 2.24) is 9.88 Å². The number of hydrogen-bond donors (Lipinski definition) is 2. The zero-order valence-electron chi connectivity index (χ0n) is 8.68. The number of thiocarbonyl (C=S) groups is 1. The molecule has 4 nitrogen and oxygen atoms in total. The van der Waals surface area contributed by atoms with Gasteiger partial charge in [-0.3, -0.25) is 9.88 Å². The van der Waals surface area contributed by atoms with Crippen LogP contribution in [-0.2, 0) is 6.54 Å². The molecule has 1 rings (SSSR count). The molecule has 82 valence electrons. The zero-order valence-corrected chi connectivity index (χ0v) is 9.50. The average Bonchev–Trinajstić information content (AvgIpc) is 2.18. The van der Waals surface area contributed by atoms with Crippen molar-refractivity contribution in [1.29, 1.82) is 0 Å². The molecule has 0 atom stereocenters. The van der Waals surface area contributed by atoms with E-state index in [4.69, 9.17) is 23.1 Å². The van der Waals surface area contributed by atoms with Gasteiger partial charge in [-0.05, 0) is 18.7 Å². The number of aliphatic hydroxyl groups is 1. The van der Waals surface area contributed by atoms with Crippen LogP contribution in [-0.4, -0.2) is 40.2 Å². The smallest absolute Gasteiger partial charge is 0.123 e. The van der Waals surface area contributed by atoms with E-state index in [9.17, 15) is 0 Å². The van der Waals surface area contributed by atoms with Crippen LogP contribution in [0.3, 0.4) is 0 Å². The van der Waals surface area contributed by atoms with Gasteiger partial charge in [-0.2, -0.15) is 0 Å². The van der Waals surface area contributed by atoms with E-state index in [0.29, 0.717) is 23.8 Å². The summed E-state index contributed by atoms with van der Waals surface area (Å²) in [6.07, 6.45) is 1.67. The van der Waals surface area contributed by atoms with Crippen LogP contribution in [0, 0.1) is 0 Å². The molecule has 0 saturated carbocycles. The second kappa shape index (κ2) is 5.75. The highest BCUT2D eigenvalue weighted by Crippen LogP contribution is 2.07. The van der Waals surface area contributed by atoms with Gasteiger partial charge in [-0.1, -0.05) is 18.3 Å². The Balaban J connectivity index is 2.79. The number of rotatable bonds is 5. The summed E-state index contributed by atoms with van der Waals surface area (Å²) in [4.78, 5) is 6.43. The van der Waals surface area contributed by atoms with Crippen LogP contribution >= 0.6 is 12.2 Å². The first-order valence-electron chi connectivity index (χ1n) is 4.68. The number of aromatic nitrogens is 1. The molecular weight excluding hydrogens is 210 g/mol. The van der Waals surface area contributed by atoms with Crippen LogP contribution < -0.4 is 5.73 Å². The van der Waals surface area contributed by atoms with Crippen molar-refractivity contribution < 1.29 is 5.11 Å². The Labute approximate surface area is 94.7 Å². The summed E-state index contributed by atoms with van der Waals surface area (Å²) in [5.41, 5.74) is 7.22. The van der Waals surface area contributed by atoms with E-state index in [1.807, 2.05) is 24.1 Å². The number of aliphatic hydroxyl groups excluding tert-OH is 1. The number of nitrogens with zero attached hydrogens (tertiary/aromatic N) is 2. The summed E-state index contributed by atoms with van der Waals surface area (Å²) < 4.78 is 0. The van der Waals surface area contributed by atoms with E-state index in [1.165, 1.54) is 0 Å². The Morgan fingerprint density at radius 2 is 2.40 bits per heavy atom. The Kier molecular flexibility index (Phi) is 4.61. The minimum Gasteiger partial charge on any atom is -0.395 e. The normalized spacial score (nSPS) is 10.6. The fraction of sp³-hybridized carbons (Fsp3) is 0.400. The Morgan fingerprint density at radius 3 is 3.00 bits per heavy atom. The second-order valence-corrected chi connectivity index (χ2v) is 3.78. The van der Waals surface area contributed by atoms with Crippen LogP contribution in [0.5, 0.6) is 0 Å². The highest BCUT2D eigenvalue weighted by molar-refractivity contribution is 7.80. The van der Waals surface area contributed by atoms with Gasteiger partial charge in [0.2, 0.25) is 0 Å². The number of hydrogen-bond acceptors (Lipinski definition) is 4. The van der Waals surface area contributed by atoms with Crippen molar-refractivity contribution >= 4 is 17.2 Å². The monoisotopic (exact) mass is 225 g/mol. The molecule has 1 aromatic rings. The fourth-order valence-corrected chi connectivity index (χ4v) is 1.51. The van der Waals surface area contributed by atoms with Gasteiger partial charge in [0.15, 0.2) is 0 Å². The van der Waals surface area contributed by atoms with Crippen molar-refractivity contribution in [3.63, 3.8) is 0 Å². The topological polar surface area (TPSA) is 62.4 Å². The summed E-state index contributed by atoms with van der Waals surface area (Å²) in [5.74, 6) is 0. The quantitative estimate of drug-likeness (QED) is 0.698. The molecule has 5 heteroatoms. The Bertz CT molecular complexity index is 343. The van der Waals surface area contributed by atoms with Crippen molar-refractivity contribution in [3.05, 3.63) is 29.6 Å². The maximum absolute atomic E-state index is 8.79. The number of likely N-dealkylation sites (N-methyl/N-ethyl adjacent to an activating group) is 1. The van der Waals surface area contributed by atoms with Gasteiger partial charge < -0.3 is 10.8 Å². The number of nitrogens with two attached hydrogens (primary N) is 1. The summed E-state index contributed by atoms with van der Waals surface area (Å²) in [6, 6.07) is 3.79. The van der Waals surface area contributed by atoms with E-state index in [-0.39, 0.29) is 6.61 Å². The fourth-order valence-electron chi connectivity index (χ4n) is 1.33. The summed E-state index contributed by atoms with van der Waals surface area (Å²) in [6.45, 7) is 1.44. The van der Waals surface area contributed by atoms with Crippen LogP contribution in [0.2, 0.25) is 0 Å². The molecule has 0 amide bonds. The van der Waals surface area contributed by atoms with Crippen LogP contribution in [0.4, 0.5) is 0 Å². The molecule has 0 bridgehead atoms. The van der Waals surface area contributed by atoms with E-state index < -0.39 is 0 Å². The lowest BCUT2D eigenvalue weighted by Gasteiger charge is -2.16. The molecule has 0 aliphatic heterocycles. The molecule has 0 saturated heterocycles. The van der Waals surface area contributed by atoms with Crippen LogP contribution in [0.1, 0.15) is 11.3 Å². The molecule has 3 N–H and O–H groups in total. The molecule has 0 aliphatic carbocycles. The van der Waals surface area contributed by atoms with Crippen molar-refractivity contribution in [2.45, 2.75) is 6.54 Å². The third-order valence-corrected chi connectivity index (χ3v) is 2.24. The highest BCUT2D eigenvalue weighted by Gasteiger charge is 2.07. The predicted octanol–water partition coefficient (Wildman–Crippen LogP) is 0.140. The average molecular weight is 225 g/mol. The zero-order chi connectivity index (χ0) is 11.3. The Hall–Kier alpha value is -1.04. The molecule has 0 radical (unpaired) electrons. The van der Waals surface area contributed by atoms with Crippen LogP contribution in [0.25, 0.3) is 0 Å². The van der Waals surface area contributed by atoms with E-state index in [0.717, 1.165) is 5.56 Å². The molecule has 0 spiro atoms. The third kappa shape index (κ3) is 3.54. The van der Waals surface area contributed by atoms with Gasteiger partial charge in [0, 0.05) is 19.3 Å². The van der Waals surface area contributed by atoms with Gasteiger partial charge in [0.25, 0.3) is 0 Å². The van der Waals surface area contributed by atoms with Gasteiger partial charge >= 0.3 is 0 Å². The van der Waals surface area contributed by atoms with Gasteiger partial charge in [0.1, 0.15) is 10.7 Å². The molecule has 15 heavy (non-hydrogen) atoms. The first kappa shape index (κ1) is 12.0. The molecule has 1 aromatic heterocycles. The van der Waals surface area contributed by atoms with E-state index >= 15 is 0 Å². The molecule has 1 heterocycles. The summed E-state index contributed by atoms with van der Waals surface area (Å²) in [7, 11) is 1.92. The number of pyridine rings is 1. The largest absolute Gasteiger partial charge is 0.395 e.